The summed E-state index contributed by atoms with van der Waals surface area (Å²) in [5.74, 6) is -0.218. The van der Waals surface area contributed by atoms with Gasteiger partial charge < -0.3 is 5.73 Å². The average Bonchev–Trinajstić information content (AvgIpc) is 2.48. The van der Waals surface area contributed by atoms with Crippen LogP contribution in [0.15, 0.2) is 60.7 Å². The first-order chi connectivity index (χ1) is 10.1. The molecule has 0 saturated heterocycles. The summed E-state index contributed by atoms with van der Waals surface area (Å²) in [4.78, 5) is 0. The number of nitrogens with two attached hydrogens (primary N) is 1. The highest BCUT2D eigenvalue weighted by Crippen LogP contribution is 2.27. The quantitative estimate of drug-likeness (QED) is 0.733. The highest BCUT2D eigenvalue weighted by molar-refractivity contribution is 6.30. The summed E-state index contributed by atoms with van der Waals surface area (Å²) in [5, 5.41) is 2.17. The molecule has 0 amide bonds. The molecule has 3 aromatic rings. The molecule has 3 aromatic carbocycles. The fourth-order valence-corrected chi connectivity index (χ4v) is 2.85. The number of hydrogen-bond acceptors (Lipinski definition) is 1. The van der Waals surface area contributed by atoms with Gasteiger partial charge in [-0.25, -0.2) is 4.39 Å². The van der Waals surface area contributed by atoms with Crippen LogP contribution in [0, 0.1) is 5.82 Å². The molecule has 0 saturated carbocycles. The Kier molecular flexibility index (Phi) is 3.91. The minimum Gasteiger partial charge on any atom is -0.324 e. The lowest BCUT2D eigenvalue weighted by atomic mass is 9.94. The van der Waals surface area contributed by atoms with Crippen LogP contribution in [0.25, 0.3) is 10.8 Å². The molecule has 1 atom stereocenters. The number of halogens is 2. The van der Waals surface area contributed by atoms with E-state index in [1.807, 2.05) is 42.5 Å². The predicted molar refractivity (Wildman–Crippen MR) is 86.0 cm³/mol. The number of fused-ring (bicyclic) bond motifs is 1. The first-order valence-corrected chi connectivity index (χ1v) is 7.20. The Bertz CT molecular complexity index is 785. The fourth-order valence-electron chi connectivity index (χ4n) is 2.64. The Labute approximate surface area is 128 Å². The Balaban J connectivity index is 1.98. The Morgan fingerprint density at radius 2 is 1.71 bits per heavy atom. The third-order valence-corrected chi connectivity index (χ3v) is 3.88. The second-order valence-corrected chi connectivity index (χ2v) is 5.56. The molecule has 3 heteroatoms. The normalized spacial score (nSPS) is 12.5. The van der Waals surface area contributed by atoms with E-state index < -0.39 is 0 Å². The molecule has 0 radical (unpaired) electrons. The van der Waals surface area contributed by atoms with E-state index in [2.05, 4.69) is 0 Å². The molecule has 106 valence electrons. The zero-order valence-corrected chi connectivity index (χ0v) is 12.1. The van der Waals surface area contributed by atoms with E-state index >= 15 is 0 Å². The lowest BCUT2D eigenvalue weighted by Crippen LogP contribution is -2.14. The summed E-state index contributed by atoms with van der Waals surface area (Å²) in [7, 11) is 0. The molecule has 2 N–H and O–H groups in total. The van der Waals surface area contributed by atoms with Crippen molar-refractivity contribution < 1.29 is 4.39 Å². The van der Waals surface area contributed by atoms with Crippen LogP contribution in [0.5, 0.6) is 0 Å². The van der Waals surface area contributed by atoms with Crippen molar-refractivity contribution in [1.82, 2.24) is 0 Å². The van der Waals surface area contributed by atoms with Gasteiger partial charge in [-0.3, -0.25) is 0 Å². The van der Waals surface area contributed by atoms with Gasteiger partial charge in [0.15, 0.2) is 0 Å². The van der Waals surface area contributed by atoms with Crippen LogP contribution >= 0.6 is 11.6 Å². The molecule has 0 fully saturated rings. The summed E-state index contributed by atoms with van der Waals surface area (Å²) >= 11 is 6.00. The molecule has 1 unspecified atom stereocenters. The van der Waals surface area contributed by atoms with E-state index in [-0.39, 0.29) is 11.9 Å². The predicted octanol–water partition coefficient (Wildman–Crippen LogP) is 4.87. The SMILES string of the molecule is NC(Cc1cccc(Cl)c1)c1ccc(F)c2ccccc12. The van der Waals surface area contributed by atoms with Crippen molar-refractivity contribution in [3.8, 4) is 0 Å². The van der Waals surface area contributed by atoms with Crippen molar-refractivity contribution in [2.75, 3.05) is 0 Å². The second-order valence-electron chi connectivity index (χ2n) is 5.12. The number of rotatable bonds is 3. The largest absolute Gasteiger partial charge is 0.324 e. The average molecular weight is 300 g/mol. The van der Waals surface area contributed by atoms with Crippen molar-refractivity contribution in [3.63, 3.8) is 0 Å². The van der Waals surface area contributed by atoms with Gasteiger partial charge in [-0.15, -0.1) is 0 Å². The van der Waals surface area contributed by atoms with Crippen LogP contribution in [-0.4, -0.2) is 0 Å². The second kappa shape index (κ2) is 5.84. The summed E-state index contributed by atoms with van der Waals surface area (Å²) in [6.45, 7) is 0. The van der Waals surface area contributed by atoms with Gasteiger partial charge in [0.05, 0.1) is 0 Å². The van der Waals surface area contributed by atoms with Gasteiger partial charge in [0, 0.05) is 16.5 Å². The highest BCUT2D eigenvalue weighted by atomic mass is 35.5. The Morgan fingerprint density at radius 1 is 0.952 bits per heavy atom. The van der Waals surface area contributed by atoms with Crippen LogP contribution in [0.4, 0.5) is 4.39 Å². The maximum Gasteiger partial charge on any atom is 0.131 e. The van der Waals surface area contributed by atoms with E-state index in [0.29, 0.717) is 16.8 Å². The molecule has 0 aliphatic carbocycles. The van der Waals surface area contributed by atoms with Crippen LogP contribution in [-0.2, 0) is 6.42 Å². The molecule has 1 nitrogen and oxygen atoms in total. The summed E-state index contributed by atoms with van der Waals surface area (Å²) in [6.07, 6.45) is 0.663. The lowest BCUT2D eigenvalue weighted by molar-refractivity contribution is 0.637. The molecular formula is C18H15ClFN. The minimum absolute atomic E-state index is 0.200. The van der Waals surface area contributed by atoms with Gasteiger partial charge in [-0.2, -0.15) is 0 Å². The van der Waals surface area contributed by atoms with E-state index in [4.69, 9.17) is 17.3 Å². The van der Waals surface area contributed by atoms with Gasteiger partial charge >= 0.3 is 0 Å². The van der Waals surface area contributed by atoms with Crippen LogP contribution < -0.4 is 5.73 Å². The molecular weight excluding hydrogens is 285 g/mol. The zero-order chi connectivity index (χ0) is 14.8. The molecule has 0 aromatic heterocycles. The summed E-state index contributed by atoms with van der Waals surface area (Å²) in [5.41, 5.74) is 8.35. The molecule has 21 heavy (non-hydrogen) atoms. The summed E-state index contributed by atoms with van der Waals surface area (Å²) < 4.78 is 13.9. The van der Waals surface area contributed by atoms with E-state index in [9.17, 15) is 4.39 Å². The molecule has 0 aliphatic heterocycles. The third kappa shape index (κ3) is 2.92. The fraction of sp³-hybridized carbons (Fsp3) is 0.111. The van der Waals surface area contributed by atoms with E-state index in [1.165, 1.54) is 6.07 Å². The highest BCUT2D eigenvalue weighted by Gasteiger charge is 2.12. The van der Waals surface area contributed by atoms with Crippen molar-refractivity contribution in [1.29, 1.82) is 0 Å². The van der Waals surface area contributed by atoms with E-state index in [1.54, 1.807) is 12.1 Å². The van der Waals surface area contributed by atoms with Crippen LogP contribution in [0.1, 0.15) is 17.2 Å². The first-order valence-electron chi connectivity index (χ1n) is 6.82. The minimum atomic E-state index is -0.218. The number of benzene rings is 3. The Hall–Kier alpha value is -1.90. The van der Waals surface area contributed by atoms with Gasteiger partial charge in [-0.1, -0.05) is 54.1 Å². The Morgan fingerprint density at radius 3 is 2.48 bits per heavy atom. The van der Waals surface area contributed by atoms with Gasteiger partial charge in [-0.05, 0) is 41.1 Å². The molecule has 3 rings (SSSR count). The zero-order valence-electron chi connectivity index (χ0n) is 11.4. The van der Waals surface area contributed by atoms with Crippen molar-refractivity contribution in [2.45, 2.75) is 12.5 Å². The number of hydrogen-bond donors (Lipinski definition) is 1. The van der Waals surface area contributed by atoms with Crippen LogP contribution in [0.3, 0.4) is 0 Å². The molecule has 0 spiro atoms. The maximum absolute atomic E-state index is 13.9. The topological polar surface area (TPSA) is 26.0 Å². The molecule has 0 heterocycles. The third-order valence-electron chi connectivity index (χ3n) is 3.65. The van der Waals surface area contributed by atoms with Gasteiger partial charge in [0.2, 0.25) is 0 Å². The van der Waals surface area contributed by atoms with Crippen molar-refractivity contribution >= 4 is 22.4 Å². The molecule has 0 aliphatic rings. The van der Waals surface area contributed by atoms with Crippen LogP contribution in [0.2, 0.25) is 5.02 Å². The first kappa shape index (κ1) is 14.1. The monoisotopic (exact) mass is 299 g/mol. The van der Waals surface area contributed by atoms with Crippen molar-refractivity contribution in [2.24, 2.45) is 5.73 Å². The molecule has 0 bridgehead atoms. The lowest BCUT2D eigenvalue weighted by Gasteiger charge is -2.15. The standard InChI is InChI=1S/C18H15ClFN/c19-13-5-3-4-12(10-13)11-18(21)16-8-9-17(20)15-7-2-1-6-14(15)16/h1-10,18H,11,21H2. The summed E-state index contributed by atoms with van der Waals surface area (Å²) in [6, 6.07) is 18.1. The van der Waals surface area contributed by atoms with E-state index in [0.717, 1.165) is 16.5 Å². The maximum atomic E-state index is 13.9. The van der Waals surface area contributed by atoms with Crippen molar-refractivity contribution in [3.05, 3.63) is 82.6 Å². The smallest absolute Gasteiger partial charge is 0.131 e. The van der Waals surface area contributed by atoms with Gasteiger partial charge in [0.25, 0.3) is 0 Å². The van der Waals surface area contributed by atoms with Gasteiger partial charge in [0.1, 0.15) is 5.82 Å².